The molecule has 0 bridgehead atoms. The lowest BCUT2D eigenvalue weighted by Gasteiger charge is -2.41. The first kappa shape index (κ1) is 17.2. The van der Waals surface area contributed by atoms with E-state index in [1.165, 1.54) is 6.07 Å². The van der Waals surface area contributed by atoms with Gasteiger partial charge in [0.25, 0.3) is 0 Å². The van der Waals surface area contributed by atoms with Crippen LogP contribution in [0.2, 0.25) is 18.1 Å². The molecule has 0 saturated heterocycles. The Morgan fingerprint density at radius 2 is 2.09 bits per heavy atom. The van der Waals surface area contributed by atoms with E-state index in [4.69, 9.17) is 9.16 Å². The Morgan fingerprint density at radius 3 is 2.68 bits per heavy atom. The van der Waals surface area contributed by atoms with Crippen LogP contribution < -0.4 is 4.74 Å². The molecule has 1 unspecified atom stereocenters. The van der Waals surface area contributed by atoms with Crippen molar-refractivity contribution in [3.05, 3.63) is 42.2 Å². The van der Waals surface area contributed by atoms with Gasteiger partial charge in [-0.25, -0.2) is 4.39 Å². The third-order valence-electron chi connectivity index (χ3n) is 4.83. The van der Waals surface area contributed by atoms with Gasteiger partial charge in [0.15, 0.2) is 8.32 Å². The molecular formula is C18H27FO2Si. The minimum atomic E-state index is -1.88. The average Bonchev–Trinajstić information content (AvgIpc) is 2.43. The zero-order valence-electron chi connectivity index (χ0n) is 14.3. The van der Waals surface area contributed by atoms with E-state index in [1.807, 2.05) is 6.08 Å². The van der Waals surface area contributed by atoms with Crippen LogP contribution in [-0.2, 0) is 10.8 Å². The largest absolute Gasteiger partial charge is 0.487 e. The summed E-state index contributed by atoms with van der Waals surface area (Å²) in [5.74, 6) is 0.557. The number of fused-ring (bicyclic) bond motifs is 1. The summed E-state index contributed by atoms with van der Waals surface area (Å²) in [5, 5.41) is 0.143. The Bertz CT molecular complexity index is 549. The minimum Gasteiger partial charge on any atom is -0.487 e. The third-order valence-corrected chi connectivity index (χ3v) is 9.31. The molecule has 0 fully saturated rings. The number of hydrogen-bond donors (Lipinski definition) is 0. The maximum atomic E-state index is 13.3. The van der Waals surface area contributed by atoms with Gasteiger partial charge in [-0.2, -0.15) is 0 Å². The van der Waals surface area contributed by atoms with Crippen molar-refractivity contribution in [2.24, 2.45) is 0 Å². The lowest BCUT2D eigenvalue weighted by molar-refractivity contribution is 0.0593. The van der Waals surface area contributed by atoms with Gasteiger partial charge in [-0.3, -0.25) is 0 Å². The fourth-order valence-electron chi connectivity index (χ4n) is 2.40. The zero-order chi connectivity index (χ0) is 16.5. The van der Waals surface area contributed by atoms with Crippen LogP contribution in [-0.4, -0.2) is 20.5 Å². The fraction of sp³-hybridized carbons (Fsp3) is 0.556. The Hall–Kier alpha value is -1.13. The number of hydrogen-bond acceptors (Lipinski definition) is 2. The fourth-order valence-corrected chi connectivity index (χ4v) is 3.68. The van der Waals surface area contributed by atoms with E-state index in [0.717, 1.165) is 24.2 Å². The highest BCUT2D eigenvalue weighted by atomic mass is 28.4. The molecule has 0 aromatic heterocycles. The summed E-state index contributed by atoms with van der Waals surface area (Å²) in [4.78, 5) is 0. The molecule has 1 aromatic carbocycles. The molecule has 2 nitrogen and oxygen atoms in total. The van der Waals surface area contributed by atoms with E-state index in [0.29, 0.717) is 0 Å². The number of ether oxygens (including phenoxy) is 1. The van der Waals surface area contributed by atoms with Crippen molar-refractivity contribution < 1.29 is 13.6 Å². The molecule has 1 aromatic rings. The lowest BCUT2D eigenvalue weighted by atomic mass is 9.99. The van der Waals surface area contributed by atoms with Crippen molar-refractivity contribution in [2.45, 2.75) is 64.0 Å². The molecule has 0 aliphatic carbocycles. The quantitative estimate of drug-likeness (QED) is 0.567. The molecule has 0 radical (unpaired) electrons. The lowest BCUT2D eigenvalue weighted by Crippen LogP contribution is -2.48. The van der Waals surface area contributed by atoms with Crippen molar-refractivity contribution in [1.29, 1.82) is 0 Å². The van der Waals surface area contributed by atoms with Gasteiger partial charge < -0.3 is 9.16 Å². The molecule has 0 amide bonds. The van der Waals surface area contributed by atoms with Gasteiger partial charge in [-0.15, -0.1) is 6.58 Å². The molecule has 1 heterocycles. The second-order valence-electron chi connectivity index (χ2n) is 7.53. The van der Waals surface area contributed by atoms with Crippen LogP contribution in [0.5, 0.6) is 5.75 Å². The first-order valence-electron chi connectivity index (χ1n) is 7.89. The Labute approximate surface area is 134 Å². The van der Waals surface area contributed by atoms with E-state index in [2.05, 4.69) is 40.4 Å². The maximum absolute atomic E-state index is 13.3. The van der Waals surface area contributed by atoms with Crippen LogP contribution in [0.3, 0.4) is 0 Å². The summed E-state index contributed by atoms with van der Waals surface area (Å²) in [7, 11) is -1.88. The molecule has 0 spiro atoms. The molecule has 1 aliphatic heterocycles. The van der Waals surface area contributed by atoms with Gasteiger partial charge in [0.1, 0.15) is 23.8 Å². The molecule has 2 atom stereocenters. The van der Waals surface area contributed by atoms with Crippen molar-refractivity contribution >= 4 is 8.32 Å². The molecule has 1 aliphatic rings. The zero-order valence-corrected chi connectivity index (χ0v) is 15.3. The predicted octanol–water partition coefficient (Wildman–Crippen LogP) is 5.10. The van der Waals surface area contributed by atoms with Gasteiger partial charge in [-0.05, 0) is 54.7 Å². The average molecular weight is 322 g/mol. The number of halogens is 1. The van der Waals surface area contributed by atoms with Crippen molar-refractivity contribution in [3.8, 4) is 5.75 Å². The van der Waals surface area contributed by atoms with E-state index in [-0.39, 0.29) is 23.1 Å². The molecule has 122 valence electrons. The summed E-state index contributed by atoms with van der Waals surface area (Å²) >= 11 is 0. The number of aryl methyl sites for hydroxylation is 1. The summed E-state index contributed by atoms with van der Waals surface area (Å²) < 4.78 is 25.8. The van der Waals surface area contributed by atoms with E-state index < -0.39 is 8.32 Å². The highest BCUT2D eigenvalue weighted by Gasteiger charge is 2.41. The Balaban J connectivity index is 2.13. The summed E-state index contributed by atoms with van der Waals surface area (Å²) in [5.41, 5.74) is 0.936. The van der Waals surface area contributed by atoms with E-state index >= 15 is 0 Å². The predicted molar refractivity (Wildman–Crippen MR) is 91.4 cm³/mol. The topological polar surface area (TPSA) is 18.5 Å². The molecule has 4 heteroatoms. The summed E-state index contributed by atoms with van der Waals surface area (Å²) in [6.07, 6.45) is 3.30. The number of benzene rings is 1. The SMILES string of the molecule is C=C[C@@H](O[Si](C)(C)C(C)(C)C)C1CCc2cc(F)ccc2O1. The normalized spacial score (nSPS) is 20.0. The monoisotopic (exact) mass is 322 g/mol. The standard InChI is InChI=1S/C18H27FO2Si/c1-7-15(21-22(5,6)18(2,3)4)17-10-8-13-12-14(19)9-11-16(13)20-17/h7,9,11-12,15,17H,1,8,10H2,2-6H3/t15-,17?/m1/s1. The van der Waals surface area contributed by atoms with Gasteiger partial charge in [0.05, 0.1) is 0 Å². The van der Waals surface area contributed by atoms with Crippen LogP contribution in [0.15, 0.2) is 30.9 Å². The van der Waals surface area contributed by atoms with Crippen LogP contribution in [0.4, 0.5) is 4.39 Å². The van der Waals surface area contributed by atoms with Crippen molar-refractivity contribution in [2.75, 3.05) is 0 Å². The smallest absolute Gasteiger partial charge is 0.193 e. The molecule has 0 N–H and O–H groups in total. The molecule has 2 rings (SSSR count). The number of rotatable bonds is 4. The van der Waals surface area contributed by atoms with Crippen LogP contribution >= 0.6 is 0 Å². The highest BCUT2D eigenvalue weighted by Crippen LogP contribution is 2.39. The van der Waals surface area contributed by atoms with E-state index in [1.54, 1.807) is 12.1 Å². The molecular weight excluding hydrogens is 295 g/mol. The summed E-state index contributed by atoms with van der Waals surface area (Å²) in [6.45, 7) is 15.1. The molecule has 22 heavy (non-hydrogen) atoms. The van der Waals surface area contributed by atoms with E-state index in [9.17, 15) is 4.39 Å². The first-order chi connectivity index (χ1) is 10.1. The second kappa shape index (κ2) is 6.17. The molecule has 0 saturated carbocycles. The van der Waals surface area contributed by atoms with Crippen LogP contribution in [0, 0.1) is 5.82 Å². The first-order valence-corrected chi connectivity index (χ1v) is 10.8. The van der Waals surface area contributed by atoms with Gasteiger partial charge >= 0.3 is 0 Å². The van der Waals surface area contributed by atoms with Crippen LogP contribution in [0.25, 0.3) is 0 Å². The van der Waals surface area contributed by atoms with Gasteiger partial charge in [0.2, 0.25) is 0 Å². The third kappa shape index (κ3) is 3.61. The van der Waals surface area contributed by atoms with Crippen molar-refractivity contribution in [3.63, 3.8) is 0 Å². The van der Waals surface area contributed by atoms with Crippen molar-refractivity contribution in [1.82, 2.24) is 0 Å². The Kier molecular flexibility index (Phi) is 4.83. The maximum Gasteiger partial charge on any atom is 0.193 e. The van der Waals surface area contributed by atoms with Gasteiger partial charge in [0, 0.05) is 0 Å². The summed E-state index contributed by atoms with van der Waals surface area (Å²) in [6, 6.07) is 4.71. The second-order valence-corrected chi connectivity index (χ2v) is 12.3. The highest BCUT2D eigenvalue weighted by molar-refractivity contribution is 6.74. The minimum absolute atomic E-state index is 0.0513. The Morgan fingerprint density at radius 1 is 1.41 bits per heavy atom. The van der Waals surface area contributed by atoms with Gasteiger partial charge in [-0.1, -0.05) is 26.8 Å². The van der Waals surface area contributed by atoms with Crippen LogP contribution in [0.1, 0.15) is 32.8 Å².